The summed E-state index contributed by atoms with van der Waals surface area (Å²) in [5, 5.41) is 4.40. The van der Waals surface area contributed by atoms with E-state index in [0.717, 1.165) is 5.69 Å². The highest BCUT2D eigenvalue weighted by atomic mass is 16.5. The van der Waals surface area contributed by atoms with E-state index in [1.54, 1.807) is 61.5 Å². The van der Waals surface area contributed by atoms with Crippen molar-refractivity contribution in [1.82, 2.24) is 14.3 Å². The SMILES string of the molecule is COC(=O)c1cn(-c2cccc(OC)c2)cc2c(=O)n(-c3ccc(OC)cc3)nc1-2. The first-order valence-electron chi connectivity index (χ1n) is 9.08. The Bertz CT molecular complexity index is 1240. The predicted molar refractivity (Wildman–Crippen MR) is 110 cm³/mol. The largest absolute Gasteiger partial charge is 0.497 e. The number of methoxy groups -OCH3 is 3. The molecule has 0 N–H and O–H groups in total. The number of carbonyl (C=O) groups excluding carboxylic acids is 1. The van der Waals surface area contributed by atoms with Crippen LogP contribution in [-0.4, -0.2) is 41.6 Å². The lowest BCUT2D eigenvalue weighted by Gasteiger charge is -2.12. The van der Waals surface area contributed by atoms with Crippen LogP contribution in [0.3, 0.4) is 0 Å². The average Bonchev–Trinajstić information content (AvgIpc) is 3.14. The first-order chi connectivity index (χ1) is 14.5. The molecule has 8 nitrogen and oxygen atoms in total. The van der Waals surface area contributed by atoms with Gasteiger partial charge in [-0.3, -0.25) is 4.79 Å². The van der Waals surface area contributed by atoms with E-state index >= 15 is 0 Å². The van der Waals surface area contributed by atoms with Crippen LogP contribution < -0.4 is 15.0 Å². The Morgan fingerprint density at radius 2 is 1.63 bits per heavy atom. The summed E-state index contributed by atoms with van der Waals surface area (Å²) in [5.41, 5.74) is 1.66. The minimum atomic E-state index is -0.586. The standard InChI is InChI=1S/C22H19N3O5/c1-28-16-9-7-14(8-10-16)25-21(26)18-12-24(15-5-4-6-17(11-15)29-2)13-19(20(18)23-25)22(27)30-3/h4-13H,1-3H3. The summed E-state index contributed by atoms with van der Waals surface area (Å²) < 4.78 is 18.3. The monoisotopic (exact) mass is 405 g/mol. The van der Waals surface area contributed by atoms with E-state index in [1.165, 1.54) is 11.8 Å². The molecule has 2 heterocycles. The maximum atomic E-state index is 13.1. The Balaban J connectivity index is 1.94. The molecule has 2 aromatic carbocycles. The summed E-state index contributed by atoms with van der Waals surface area (Å²) in [7, 11) is 4.42. The zero-order valence-electron chi connectivity index (χ0n) is 16.7. The molecule has 2 aliphatic heterocycles. The number of ether oxygens (including phenoxy) is 3. The van der Waals surface area contributed by atoms with E-state index < -0.39 is 5.97 Å². The Morgan fingerprint density at radius 1 is 0.900 bits per heavy atom. The molecule has 0 amide bonds. The van der Waals surface area contributed by atoms with Crippen molar-refractivity contribution in [2.24, 2.45) is 0 Å². The first-order valence-corrected chi connectivity index (χ1v) is 9.08. The van der Waals surface area contributed by atoms with Crippen LogP contribution in [0.15, 0.2) is 65.7 Å². The number of esters is 1. The number of nitrogens with zero attached hydrogens (tertiary/aromatic N) is 3. The van der Waals surface area contributed by atoms with Gasteiger partial charge >= 0.3 is 5.97 Å². The maximum Gasteiger partial charge on any atom is 0.341 e. The number of pyridine rings is 1. The second kappa shape index (κ2) is 7.75. The van der Waals surface area contributed by atoms with Gasteiger partial charge in [0.25, 0.3) is 5.56 Å². The van der Waals surface area contributed by atoms with Crippen LogP contribution in [0.25, 0.3) is 22.6 Å². The minimum Gasteiger partial charge on any atom is -0.497 e. The third-order valence-electron chi connectivity index (χ3n) is 4.74. The maximum absolute atomic E-state index is 13.1. The van der Waals surface area contributed by atoms with E-state index in [0.29, 0.717) is 17.2 Å². The molecule has 0 bridgehead atoms. The van der Waals surface area contributed by atoms with E-state index in [-0.39, 0.29) is 22.4 Å². The van der Waals surface area contributed by atoms with Crippen LogP contribution in [0.4, 0.5) is 0 Å². The summed E-state index contributed by atoms with van der Waals surface area (Å²) in [6.07, 6.45) is 3.24. The normalized spacial score (nSPS) is 10.8. The highest BCUT2D eigenvalue weighted by Gasteiger charge is 2.25. The van der Waals surface area contributed by atoms with E-state index in [4.69, 9.17) is 14.2 Å². The smallest absolute Gasteiger partial charge is 0.341 e. The van der Waals surface area contributed by atoms with Gasteiger partial charge < -0.3 is 18.8 Å². The summed E-state index contributed by atoms with van der Waals surface area (Å²) in [4.78, 5) is 25.6. The molecule has 4 rings (SSSR count). The number of hydrogen-bond acceptors (Lipinski definition) is 6. The third-order valence-corrected chi connectivity index (χ3v) is 4.74. The Kier molecular flexibility index (Phi) is 4.97. The summed E-state index contributed by atoms with van der Waals surface area (Å²) in [5.74, 6) is 0.724. The molecular formula is C22H19N3O5. The molecule has 152 valence electrons. The van der Waals surface area contributed by atoms with Crippen molar-refractivity contribution in [1.29, 1.82) is 0 Å². The highest BCUT2D eigenvalue weighted by Crippen LogP contribution is 2.26. The van der Waals surface area contributed by atoms with Gasteiger partial charge in [-0.15, -0.1) is 0 Å². The van der Waals surface area contributed by atoms with Crippen LogP contribution >= 0.6 is 0 Å². The van der Waals surface area contributed by atoms with Gasteiger partial charge in [-0.05, 0) is 36.4 Å². The lowest BCUT2D eigenvalue weighted by molar-refractivity contribution is 0.0600. The zero-order chi connectivity index (χ0) is 21.3. The van der Waals surface area contributed by atoms with Gasteiger partial charge in [-0.25, -0.2) is 4.79 Å². The fourth-order valence-electron chi connectivity index (χ4n) is 3.18. The average molecular weight is 405 g/mol. The molecule has 0 saturated carbocycles. The first kappa shape index (κ1) is 19.3. The van der Waals surface area contributed by atoms with E-state index in [1.807, 2.05) is 18.2 Å². The molecule has 30 heavy (non-hydrogen) atoms. The van der Waals surface area contributed by atoms with Crippen molar-refractivity contribution in [2.75, 3.05) is 21.3 Å². The lowest BCUT2D eigenvalue weighted by atomic mass is 10.1. The van der Waals surface area contributed by atoms with Crippen molar-refractivity contribution in [3.63, 3.8) is 0 Å². The second-order valence-corrected chi connectivity index (χ2v) is 6.45. The molecule has 0 radical (unpaired) electrons. The quantitative estimate of drug-likeness (QED) is 0.475. The summed E-state index contributed by atoms with van der Waals surface area (Å²) >= 11 is 0. The lowest BCUT2D eigenvalue weighted by Crippen LogP contribution is -2.15. The van der Waals surface area contributed by atoms with Crippen LogP contribution in [0.2, 0.25) is 0 Å². The number of benzene rings is 2. The fourth-order valence-corrected chi connectivity index (χ4v) is 3.18. The number of aromatic nitrogens is 3. The van der Waals surface area contributed by atoms with Gasteiger partial charge in [-0.1, -0.05) is 6.07 Å². The van der Waals surface area contributed by atoms with Crippen LogP contribution in [0.5, 0.6) is 11.5 Å². The molecular weight excluding hydrogens is 386 g/mol. The zero-order valence-corrected chi connectivity index (χ0v) is 16.7. The van der Waals surface area contributed by atoms with Gasteiger partial charge in [0.05, 0.1) is 32.6 Å². The van der Waals surface area contributed by atoms with Gasteiger partial charge in [-0.2, -0.15) is 9.78 Å². The van der Waals surface area contributed by atoms with Crippen molar-refractivity contribution >= 4 is 5.97 Å². The number of fused-ring (bicyclic) bond motifs is 1. The van der Waals surface area contributed by atoms with Gasteiger partial charge in [0.15, 0.2) is 0 Å². The number of hydrogen-bond donors (Lipinski definition) is 0. The topological polar surface area (TPSA) is 84.6 Å². The predicted octanol–water partition coefficient (Wildman–Crippen LogP) is 2.93. The van der Waals surface area contributed by atoms with Crippen LogP contribution in [-0.2, 0) is 4.74 Å². The van der Waals surface area contributed by atoms with Gasteiger partial charge in [0, 0.05) is 24.1 Å². The number of rotatable bonds is 5. The van der Waals surface area contributed by atoms with E-state index in [2.05, 4.69) is 5.10 Å². The van der Waals surface area contributed by atoms with Crippen molar-refractivity contribution in [3.05, 3.63) is 76.8 Å². The third kappa shape index (κ3) is 3.28. The van der Waals surface area contributed by atoms with Crippen LogP contribution in [0.1, 0.15) is 10.4 Å². The van der Waals surface area contributed by atoms with Crippen molar-refractivity contribution in [2.45, 2.75) is 0 Å². The summed E-state index contributed by atoms with van der Waals surface area (Å²) in [6.45, 7) is 0. The van der Waals surface area contributed by atoms with Gasteiger partial charge in [0.1, 0.15) is 22.8 Å². The number of carbonyl (C=O) groups is 1. The Labute approximate surface area is 172 Å². The highest BCUT2D eigenvalue weighted by molar-refractivity contribution is 5.96. The second-order valence-electron chi connectivity index (χ2n) is 6.45. The van der Waals surface area contributed by atoms with Crippen molar-refractivity contribution < 1.29 is 19.0 Å². The molecule has 0 aliphatic carbocycles. The van der Waals surface area contributed by atoms with Gasteiger partial charge in [0.2, 0.25) is 0 Å². The molecule has 0 atom stereocenters. The minimum absolute atomic E-state index is 0.183. The molecule has 0 saturated heterocycles. The summed E-state index contributed by atoms with van der Waals surface area (Å²) in [6, 6.07) is 14.2. The van der Waals surface area contributed by atoms with E-state index in [9.17, 15) is 9.59 Å². The molecule has 0 fully saturated rings. The fraction of sp³-hybridized carbons (Fsp3) is 0.136. The van der Waals surface area contributed by atoms with Crippen molar-refractivity contribution in [3.8, 4) is 34.1 Å². The van der Waals surface area contributed by atoms with Crippen LogP contribution in [0, 0.1) is 0 Å². The molecule has 2 aliphatic rings. The molecule has 2 aromatic rings. The molecule has 0 spiro atoms. The Hall–Kier alpha value is -4.07. The Morgan fingerprint density at radius 3 is 2.30 bits per heavy atom. The molecule has 0 unspecified atom stereocenters. The molecule has 8 heteroatoms. The molecule has 0 aromatic heterocycles.